The Morgan fingerprint density at radius 2 is 1.86 bits per heavy atom. The van der Waals surface area contributed by atoms with E-state index in [1.165, 1.54) is 0 Å². The highest BCUT2D eigenvalue weighted by Crippen LogP contribution is 2.39. The van der Waals surface area contributed by atoms with Gasteiger partial charge in [-0.1, -0.05) is 18.2 Å². The van der Waals surface area contributed by atoms with E-state index >= 15 is 0 Å². The van der Waals surface area contributed by atoms with Gasteiger partial charge in [-0.25, -0.2) is 9.78 Å². The molecule has 0 unspecified atom stereocenters. The number of aromatic nitrogens is 4. The van der Waals surface area contributed by atoms with Crippen molar-refractivity contribution in [2.24, 2.45) is 0 Å². The van der Waals surface area contributed by atoms with E-state index in [1.807, 2.05) is 74.6 Å². The fourth-order valence-electron chi connectivity index (χ4n) is 4.64. The number of rotatable bonds is 3. The number of urea groups is 1. The third-order valence-electron chi connectivity index (χ3n) is 6.77. The molecule has 1 aliphatic heterocycles. The quantitative estimate of drug-likeness (QED) is 0.363. The number of hydrogen-bond acceptors (Lipinski definition) is 5. The molecule has 5 aromatic rings. The average Bonchev–Trinajstić information content (AvgIpc) is 3.37. The van der Waals surface area contributed by atoms with Gasteiger partial charge in [-0.3, -0.25) is 15.0 Å². The molecule has 0 bridgehead atoms. The summed E-state index contributed by atoms with van der Waals surface area (Å²) in [5.41, 5.74) is 6.72. The summed E-state index contributed by atoms with van der Waals surface area (Å²) < 4.78 is 0. The Hall–Kier alpha value is -4.77. The third-order valence-corrected chi connectivity index (χ3v) is 6.77. The van der Waals surface area contributed by atoms with Crippen molar-refractivity contribution in [1.82, 2.24) is 25.1 Å². The lowest BCUT2D eigenvalue weighted by atomic mass is 9.86. The molecule has 8 nitrogen and oxygen atoms in total. The second kappa shape index (κ2) is 7.89. The summed E-state index contributed by atoms with van der Waals surface area (Å²) in [6.45, 7) is 4.20. The van der Waals surface area contributed by atoms with Crippen molar-refractivity contribution in [2.75, 3.05) is 11.9 Å². The van der Waals surface area contributed by atoms with Crippen LogP contribution in [0.25, 0.3) is 33.2 Å². The summed E-state index contributed by atoms with van der Waals surface area (Å²) in [6.07, 6.45) is 3.61. The van der Waals surface area contributed by atoms with Gasteiger partial charge < -0.3 is 4.90 Å². The maximum atomic E-state index is 13.5. The number of carbonyl (C=O) groups excluding carboxylic acids is 1. The Kier molecular flexibility index (Phi) is 4.76. The first-order valence-electron chi connectivity index (χ1n) is 11.6. The molecule has 2 amide bonds. The smallest absolute Gasteiger partial charge is 0.323 e. The Morgan fingerprint density at radius 1 is 1.06 bits per heavy atom. The predicted molar refractivity (Wildman–Crippen MR) is 139 cm³/mol. The van der Waals surface area contributed by atoms with Gasteiger partial charge in [0.05, 0.1) is 52.3 Å². The number of nitrogens with zero attached hydrogens (tertiary/aromatic N) is 6. The van der Waals surface area contributed by atoms with E-state index in [9.17, 15) is 10.1 Å². The number of nitriles is 1. The van der Waals surface area contributed by atoms with E-state index in [0.717, 1.165) is 39.0 Å². The molecule has 0 fully saturated rings. The third kappa shape index (κ3) is 3.36. The second-order valence-corrected chi connectivity index (χ2v) is 9.63. The predicted octanol–water partition coefficient (Wildman–Crippen LogP) is 5.68. The standard InChI is InChI=1S/C28H23N7O/c1-28(2,16-29)20-5-7-21(8-6-20)35-26-19(15-34(3)27(35)36)13-30-24-11-10-22(32-25(24)26)17-4-9-23-18(12-17)14-31-33-23/h4-14H,15H2,1-3H3,(H,31,33). The van der Waals surface area contributed by atoms with E-state index in [0.29, 0.717) is 23.3 Å². The highest BCUT2D eigenvalue weighted by Gasteiger charge is 2.32. The maximum Gasteiger partial charge on any atom is 0.329 e. The van der Waals surface area contributed by atoms with Crippen LogP contribution in [0.3, 0.4) is 0 Å². The molecule has 0 aliphatic carbocycles. The average molecular weight is 474 g/mol. The van der Waals surface area contributed by atoms with Crippen LogP contribution in [-0.4, -0.2) is 38.1 Å². The topological polar surface area (TPSA) is 102 Å². The van der Waals surface area contributed by atoms with Gasteiger partial charge in [0.2, 0.25) is 0 Å². The molecule has 1 aliphatic rings. The summed E-state index contributed by atoms with van der Waals surface area (Å²) in [4.78, 5) is 26.5. The number of anilines is 2. The van der Waals surface area contributed by atoms with E-state index in [2.05, 4.69) is 21.3 Å². The zero-order valence-corrected chi connectivity index (χ0v) is 20.1. The van der Waals surface area contributed by atoms with Gasteiger partial charge in [0.1, 0.15) is 5.52 Å². The van der Waals surface area contributed by atoms with Crippen LogP contribution in [0.15, 0.2) is 67.0 Å². The number of benzene rings is 2. The van der Waals surface area contributed by atoms with E-state index in [4.69, 9.17) is 4.98 Å². The summed E-state index contributed by atoms with van der Waals surface area (Å²) in [7, 11) is 1.78. The van der Waals surface area contributed by atoms with Crippen LogP contribution in [0.2, 0.25) is 0 Å². The lowest BCUT2D eigenvalue weighted by Gasteiger charge is -2.35. The van der Waals surface area contributed by atoms with Crippen LogP contribution in [0.1, 0.15) is 25.0 Å². The molecule has 176 valence electrons. The fraction of sp³-hybridized carbons (Fsp3) is 0.179. The number of aromatic amines is 1. The van der Waals surface area contributed by atoms with E-state index < -0.39 is 5.41 Å². The highest BCUT2D eigenvalue weighted by atomic mass is 16.2. The van der Waals surface area contributed by atoms with Crippen molar-refractivity contribution >= 4 is 39.3 Å². The summed E-state index contributed by atoms with van der Waals surface area (Å²) in [6, 6.07) is 19.7. The second-order valence-electron chi connectivity index (χ2n) is 9.63. The minimum Gasteiger partial charge on any atom is -0.323 e. The van der Waals surface area contributed by atoms with E-state index in [-0.39, 0.29) is 6.03 Å². The first-order chi connectivity index (χ1) is 17.4. The van der Waals surface area contributed by atoms with Gasteiger partial charge in [-0.05, 0) is 55.8 Å². The van der Waals surface area contributed by atoms with Gasteiger partial charge in [0, 0.05) is 29.8 Å². The van der Waals surface area contributed by atoms with Crippen molar-refractivity contribution in [2.45, 2.75) is 25.8 Å². The van der Waals surface area contributed by atoms with Crippen molar-refractivity contribution in [3.8, 4) is 17.3 Å². The minimum atomic E-state index is -0.623. The highest BCUT2D eigenvalue weighted by molar-refractivity contribution is 6.08. The van der Waals surface area contributed by atoms with Gasteiger partial charge in [0.15, 0.2) is 0 Å². The fourth-order valence-corrected chi connectivity index (χ4v) is 4.64. The number of nitrogens with one attached hydrogen (secondary N) is 1. The molecule has 0 atom stereocenters. The Balaban J connectivity index is 1.53. The van der Waals surface area contributed by atoms with Crippen LogP contribution < -0.4 is 4.90 Å². The molecule has 3 aromatic heterocycles. The normalized spacial score (nSPS) is 13.8. The molecular formula is C28H23N7O. The Morgan fingerprint density at radius 3 is 2.64 bits per heavy atom. The minimum absolute atomic E-state index is 0.144. The van der Waals surface area contributed by atoms with Crippen molar-refractivity contribution in [1.29, 1.82) is 5.26 Å². The van der Waals surface area contributed by atoms with Crippen molar-refractivity contribution < 1.29 is 4.79 Å². The van der Waals surface area contributed by atoms with Gasteiger partial charge in [-0.2, -0.15) is 10.4 Å². The van der Waals surface area contributed by atoms with Crippen LogP contribution in [0.5, 0.6) is 0 Å². The van der Waals surface area contributed by atoms with Crippen LogP contribution in [0, 0.1) is 11.3 Å². The molecule has 0 saturated heterocycles. The summed E-state index contributed by atoms with van der Waals surface area (Å²) in [5, 5.41) is 17.6. The van der Waals surface area contributed by atoms with Crippen LogP contribution >= 0.6 is 0 Å². The first kappa shape index (κ1) is 21.7. The molecule has 1 N–H and O–H groups in total. The lowest BCUT2D eigenvalue weighted by molar-refractivity contribution is 0.213. The first-order valence-corrected chi connectivity index (χ1v) is 11.6. The van der Waals surface area contributed by atoms with Crippen molar-refractivity contribution in [3.05, 3.63) is 78.1 Å². The molecule has 36 heavy (non-hydrogen) atoms. The maximum absolute atomic E-state index is 13.5. The van der Waals surface area contributed by atoms with Crippen LogP contribution in [0.4, 0.5) is 16.2 Å². The SMILES string of the molecule is CN1Cc2cnc3ccc(-c4ccc5[nH]ncc5c4)nc3c2N(c2ccc(C(C)(C)C#N)cc2)C1=O. The molecule has 4 heterocycles. The van der Waals surface area contributed by atoms with Gasteiger partial charge in [-0.15, -0.1) is 0 Å². The molecule has 2 aromatic carbocycles. The van der Waals surface area contributed by atoms with Gasteiger partial charge in [0.25, 0.3) is 0 Å². The van der Waals surface area contributed by atoms with Crippen LogP contribution in [-0.2, 0) is 12.0 Å². The number of hydrogen-bond donors (Lipinski definition) is 1. The number of pyridine rings is 2. The Labute approximate surface area is 207 Å². The monoisotopic (exact) mass is 473 g/mol. The molecule has 0 spiro atoms. The largest absolute Gasteiger partial charge is 0.329 e. The van der Waals surface area contributed by atoms with E-state index in [1.54, 1.807) is 23.0 Å². The zero-order chi connectivity index (χ0) is 25.0. The number of fused-ring (bicyclic) bond motifs is 4. The zero-order valence-electron chi connectivity index (χ0n) is 20.1. The molecule has 6 rings (SSSR count). The molecule has 0 radical (unpaired) electrons. The number of amides is 2. The Bertz CT molecular complexity index is 1700. The molecule has 0 saturated carbocycles. The van der Waals surface area contributed by atoms with Crippen molar-refractivity contribution in [3.63, 3.8) is 0 Å². The molecular weight excluding hydrogens is 450 g/mol. The summed E-state index contributed by atoms with van der Waals surface area (Å²) in [5.74, 6) is 0. The van der Waals surface area contributed by atoms with Gasteiger partial charge >= 0.3 is 6.03 Å². The number of H-pyrrole nitrogens is 1. The lowest BCUT2D eigenvalue weighted by Crippen LogP contribution is -2.42. The summed E-state index contributed by atoms with van der Waals surface area (Å²) >= 11 is 0. The molecule has 8 heteroatoms. The number of carbonyl (C=O) groups is 1.